The van der Waals surface area contributed by atoms with Gasteiger partial charge < -0.3 is 19.7 Å². The Hall–Kier alpha value is -4.98. The number of benzene rings is 5. The Morgan fingerprint density at radius 1 is 0.791 bits per heavy atom. The molecule has 0 amide bonds. The summed E-state index contributed by atoms with van der Waals surface area (Å²) in [6.45, 7) is 5.87. The molecule has 0 aliphatic carbocycles. The SMILES string of the molecule is CCN(CC)c1ccc2c(c1)Oc1ccc3cc(Nc4ccc(C(F)(F)F)cc4)ccc3c1C21OC(=O)c2ccccc21. The summed E-state index contributed by atoms with van der Waals surface area (Å²) in [5.41, 5.74) is 3.05. The zero-order chi connectivity index (χ0) is 29.9. The monoisotopic (exact) mass is 580 g/mol. The van der Waals surface area contributed by atoms with Gasteiger partial charge in [-0.25, -0.2) is 4.79 Å². The first-order valence-corrected chi connectivity index (χ1v) is 14.1. The van der Waals surface area contributed by atoms with Crippen LogP contribution in [0.4, 0.5) is 30.2 Å². The molecular weight excluding hydrogens is 553 g/mol. The number of alkyl halides is 3. The normalized spacial score (nSPS) is 16.7. The number of carbonyl (C=O) groups is 1. The highest BCUT2D eigenvalue weighted by Gasteiger charge is 2.54. The molecule has 2 aliphatic rings. The molecule has 43 heavy (non-hydrogen) atoms. The largest absolute Gasteiger partial charge is 0.456 e. The molecule has 0 saturated carbocycles. The van der Waals surface area contributed by atoms with Crippen LogP contribution in [0.3, 0.4) is 0 Å². The van der Waals surface area contributed by atoms with Gasteiger partial charge in [0, 0.05) is 47.3 Å². The van der Waals surface area contributed by atoms with Crippen molar-refractivity contribution < 1.29 is 27.4 Å². The molecule has 1 spiro atoms. The molecule has 1 atom stereocenters. The molecule has 0 radical (unpaired) electrons. The number of carbonyl (C=O) groups excluding carboxylic acids is 1. The van der Waals surface area contributed by atoms with E-state index in [0.717, 1.165) is 58.4 Å². The number of esters is 1. The van der Waals surface area contributed by atoms with Gasteiger partial charge in [-0.2, -0.15) is 13.2 Å². The lowest BCUT2D eigenvalue weighted by Crippen LogP contribution is -2.33. The second kappa shape index (κ2) is 9.80. The molecule has 5 aromatic carbocycles. The molecule has 5 nitrogen and oxygen atoms in total. The Morgan fingerprint density at radius 2 is 1.53 bits per heavy atom. The summed E-state index contributed by atoms with van der Waals surface area (Å²) in [6, 6.07) is 27.9. The van der Waals surface area contributed by atoms with Crippen molar-refractivity contribution in [3.8, 4) is 11.5 Å². The maximum atomic E-state index is 13.4. The van der Waals surface area contributed by atoms with E-state index in [0.29, 0.717) is 28.4 Å². The van der Waals surface area contributed by atoms with Gasteiger partial charge >= 0.3 is 12.1 Å². The van der Waals surface area contributed by atoms with Gasteiger partial charge in [0.1, 0.15) is 11.5 Å². The smallest absolute Gasteiger partial charge is 0.416 e. The standard InChI is InChI=1S/C35H27F3N2O3/c1-3-40(4-2)25-15-17-29-31(20-25)42-30-18-9-21-19-24(39-23-12-10-22(11-13-23)35(36,37)38)14-16-26(21)32(30)34(29)28-8-6-5-7-27(28)33(41)43-34/h5-20,39H,3-4H2,1-2H3. The lowest BCUT2D eigenvalue weighted by Gasteiger charge is -2.38. The van der Waals surface area contributed by atoms with Crippen LogP contribution in [0, 0.1) is 0 Å². The van der Waals surface area contributed by atoms with Gasteiger partial charge in [0.05, 0.1) is 16.7 Å². The predicted octanol–water partition coefficient (Wildman–Crippen LogP) is 9.02. The summed E-state index contributed by atoms with van der Waals surface area (Å²) >= 11 is 0. The third-order valence-corrected chi connectivity index (χ3v) is 8.30. The number of hydrogen-bond donors (Lipinski definition) is 1. The van der Waals surface area contributed by atoms with Crippen LogP contribution in [-0.4, -0.2) is 19.1 Å². The first kappa shape index (κ1) is 26.9. The van der Waals surface area contributed by atoms with Crippen LogP contribution in [0.5, 0.6) is 11.5 Å². The Bertz CT molecular complexity index is 1900. The Morgan fingerprint density at radius 3 is 2.28 bits per heavy atom. The van der Waals surface area contributed by atoms with Crippen molar-refractivity contribution in [3.05, 3.63) is 125 Å². The molecule has 1 unspecified atom stereocenters. The second-order valence-electron chi connectivity index (χ2n) is 10.6. The van der Waals surface area contributed by atoms with Crippen LogP contribution in [0.25, 0.3) is 10.8 Å². The first-order valence-electron chi connectivity index (χ1n) is 14.1. The summed E-state index contributed by atoms with van der Waals surface area (Å²) in [5.74, 6) is 0.811. The molecule has 216 valence electrons. The minimum Gasteiger partial charge on any atom is -0.456 e. The molecular formula is C35H27F3N2O3. The number of nitrogens with zero attached hydrogens (tertiary/aromatic N) is 1. The molecule has 1 N–H and O–H groups in total. The zero-order valence-corrected chi connectivity index (χ0v) is 23.5. The fourth-order valence-electron chi connectivity index (χ4n) is 6.27. The summed E-state index contributed by atoms with van der Waals surface area (Å²) < 4.78 is 52.0. The van der Waals surface area contributed by atoms with E-state index in [9.17, 15) is 18.0 Å². The Labute approximate surface area is 246 Å². The topological polar surface area (TPSA) is 50.8 Å². The van der Waals surface area contributed by atoms with Crippen molar-refractivity contribution in [2.75, 3.05) is 23.3 Å². The van der Waals surface area contributed by atoms with Gasteiger partial charge in [-0.3, -0.25) is 0 Å². The van der Waals surface area contributed by atoms with Crippen molar-refractivity contribution in [1.82, 2.24) is 0 Å². The average Bonchev–Trinajstić information content (AvgIpc) is 3.29. The van der Waals surface area contributed by atoms with E-state index >= 15 is 0 Å². The highest BCUT2D eigenvalue weighted by atomic mass is 19.4. The van der Waals surface area contributed by atoms with Crippen LogP contribution in [-0.2, 0) is 16.5 Å². The first-order chi connectivity index (χ1) is 20.7. The van der Waals surface area contributed by atoms with E-state index in [4.69, 9.17) is 9.47 Å². The van der Waals surface area contributed by atoms with Gasteiger partial charge in [0.2, 0.25) is 0 Å². The van der Waals surface area contributed by atoms with Gasteiger partial charge in [-0.1, -0.05) is 30.3 Å². The minimum atomic E-state index is -4.40. The predicted molar refractivity (Wildman–Crippen MR) is 160 cm³/mol. The number of fused-ring (bicyclic) bond motifs is 8. The van der Waals surface area contributed by atoms with Crippen LogP contribution >= 0.6 is 0 Å². The van der Waals surface area contributed by atoms with Crippen molar-refractivity contribution >= 4 is 33.8 Å². The molecule has 7 rings (SSSR count). The van der Waals surface area contributed by atoms with Crippen molar-refractivity contribution in [3.63, 3.8) is 0 Å². The van der Waals surface area contributed by atoms with Crippen LogP contribution in [0.1, 0.15) is 46.5 Å². The third-order valence-electron chi connectivity index (χ3n) is 8.30. The molecule has 2 aliphatic heterocycles. The van der Waals surface area contributed by atoms with Crippen molar-refractivity contribution in [1.29, 1.82) is 0 Å². The summed E-state index contributed by atoms with van der Waals surface area (Å²) in [7, 11) is 0. The fourth-order valence-corrected chi connectivity index (χ4v) is 6.27. The molecule has 0 aromatic heterocycles. The number of rotatable bonds is 5. The Balaban J connectivity index is 1.38. The van der Waals surface area contributed by atoms with Crippen molar-refractivity contribution in [2.45, 2.75) is 25.6 Å². The third kappa shape index (κ3) is 4.20. The van der Waals surface area contributed by atoms with E-state index in [1.54, 1.807) is 6.07 Å². The minimum absolute atomic E-state index is 0.403. The number of ether oxygens (including phenoxy) is 2. The summed E-state index contributed by atoms with van der Waals surface area (Å²) in [4.78, 5) is 15.6. The number of nitrogens with one attached hydrogen (secondary N) is 1. The molecule has 0 bridgehead atoms. The fraction of sp³-hybridized carbons (Fsp3) is 0.171. The van der Waals surface area contributed by atoms with E-state index in [1.165, 1.54) is 12.1 Å². The number of anilines is 3. The molecule has 2 heterocycles. The van der Waals surface area contributed by atoms with Gasteiger partial charge in [0.15, 0.2) is 5.60 Å². The van der Waals surface area contributed by atoms with E-state index in [1.807, 2.05) is 66.7 Å². The average molecular weight is 581 g/mol. The molecule has 0 fully saturated rings. The summed E-state index contributed by atoms with van der Waals surface area (Å²) in [5, 5.41) is 4.87. The van der Waals surface area contributed by atoms with Crippen LogP contribution in [0.2, 0.25) is 0 Å². The Kier molecular flexibility index (Phi) is 6.13. The maximum Gasteiger partial charge on any atom is 0.416 e. The number of halogens is 3. The van der Waals surface area contributed by atoms with Crippen LogP contribution < -0.4 is 15.0 Å². The van der Waals surface area contributed by atoms with E-state index in [2.05, 4.69) is 24.1 Å². The lowest BCUT2D eigenvalue weighted by atomic mass is 9.76. The second-order valence-corrected chi connectivity index (χ2v) is 10.6. The number of hydrogen-bond acceptors (Lipinski definition) is 5. The quantitative estimate of drug-likeness (QED) is 0.210. The molecule has 8 heteroatoms. The van der Waals surface area contributed by atoms with E-state index in [-0.39, 0.29) is 0 Å². The van der Waals surface area contributed by atoms with Gasteiger partial charge in [-0.05, 0) is 85.3 Å². The maximum absolute atomic E-state index is 13.4. The highest BCUT2D eigenvalue weighted by Crippen LogP contribution is 2.58. The van der Waals surface area contributed by atoms with E-state index < -0.39 is 23.3 Å². The van der Waals surface area contributed by atoms with Gasteiger partial charge in [0.25, 0.3) is 0 Å². The van der Waals surface area contributed by atoms with Crippen LogP contribution in [0.15, 0.2) is 97.1 Å². The van der Waals surface area contributed by atoms with Gasteiger partial charge in [-0.15, -0.1) is 0 Å². The summed E-state index contributed by atoms with van der Waals surface area (Å²) in [6.07, 6.45) is -4.40. The zero-order valence-electron chi connectivity index (χ0n) is 23.5. The molecule has 0 saturated heterocycles. The lowest BCUT2D eigenvalue weighted by molar-refractivity contribution is -0.137. The van der Waals surface area contributed by atoms with Crippen molar-refractivity contribution in [2.24, 2.45) is 0 Å². The molecule has 5 aromatic rings. The highest BCUT2D eigenvalue weighted by molar-refractivity contribution is 6.00.